The molecule has 3 aromatic rings. The number of hydrogen-bond acceptors (Lipinski definition) is 4. The van der Waals surface area contributed by atoms with E-state index in [-0.39, 0.29) is 11.9 Å². The third-order valence-corrected chi connectivity index (χ3v) is 5.08. The quantitative estimate of drug-likeness (QED) is 0.796. The molecule has 2 aromatic heterocycles. The number of amides is 1. The van der Waals surface area contributed by atoms with Gasteiger partial charge >= 0.3 is 0 Å². The van der Waals surface area contributed by atoms with E-state index in [4.69, 9.17) is 0 Å². The van der Waals surface area contributed by atoms with Crippen molar-refractivity contribution in [1.82, 2.24) is 14.9 Å². The van der Waals surface area contributed by atoms with Crippen LogP contribution >= 0.6 is 11.3 Å². The Morgan fingerprint density at radius 3 is 2.71 bits per heavy atom. The van der Waals surface area contributed by atoms with Gasteiger partial charge in [-0.3, -0.25) is 4.79 Å². The highest BCUT2D eigenvalue weighted by Crippen LogP contribution is 2.22. The monoisotopic (exact) mass is 338 g/mol. The van der Waals surface area contributed by atoms with Crippen molar-refractivity contribution in [3.63, 3.8) is 0 Å². The lowest BCUT2D eigenvalue weighted by Gasteiger charge is -2.16. The van der Waals surface area contributed by atoms with Crippen LogP contribution in [0.2, 0.25) is 0 Å². The number of anilines is 1. The zero-order valence-corrected chi connectivity index (χ0v) is 13.9. The van der Waals surface area contributed by atoms with E-state index in [1.165, 1.54) is 0 Å². The summed E-state index contributed by atoms with van der Waals surface area (Å²) in [4.78, 5) is 19.0. The van der Waals surface area contributed by atoms with E-state index in [1.807, 2.05) is 64.9 Å². The van der Waals surface area contributed by atoms with Gasteiger partial charge in [0.25, 0.3) is 5.91 Å². The van der Waals surface area contributed by atoms with Crippen molar-refractivity contribution in [2.24, 2.45) is 0 Å². The predicted octanol–water partition coefficient (Wildman–Crippen LogP) is 2.94. The molecule has 1 aliphatic heterocycles. The average Bonchev–Trinajstić information content (AvgIpc) is 3.36. The molecule has 24 heavy (non-hydrogen) atoms. The SMILES string of the molecule is O=C(N[C@@H]1CCN(c2nccs2)C1)c1ccc(-n2cccc2)cc1. The Hall–Kier alpha value is -2.60. The largest absolute Gasteiger partial charge is 0.347 e. The average molecular weight is 338 g/mol. The Labute approximate surface area is 144 Å². The molecule has 0 bridgehead atoms. The molecule has 1 amide bonds. The Morgan fingerprint density at radius 1 is 1.21 bits per heavy atom. The van der Waals surface area contributed by atoms with Gasteiger partial charge in [-0.2, -0.15) is 0 Å². The summed E-state index contributed by atoms with van der Waals surface area (Å²) < 4.78 is 2.02. The van der Waals surface area contributed by atoms with Crippen molar-refractivity contribution in [1.29, 1.82) is 0 Å². The third kappa shape index (κ3) is 3.05. The van der Waals surface area contributed by atoms with Crippen LogP contribution < -0.4 is 10.2 Å². The molecule has 1 aliphatic rings. The first-order valence-corrected chi connectivity index (χ1v) is 8.86. The number of carbonyl (C=O) groups excluding carboxylic acids is 1. The van der Waals surface area contributed by atoms with E-state index in [9.17, 15) is 4.79 Å². The van der Waals surface area contributed by atoms with Gasteiger partial charge in [0.05, 0.1) is 0 Å². The van der Waals surface area contributed by atoms with Crippen molar-refractivity contribution in [2.75, 3.05) is 18.0 Å². The Kier molecular flexibility index (Phi) is 4.04. The smallest absolute Gasteiger partial charge is 0.251 e. The highest BCUT2D eigenvalue weighted by atomic mass is 32.1. The van der Waals surface area contributed by atoms with Gasteiger partial charge in [-0.25, -0.2) is 4.98 Å². The highest BCUT2D eigenvalue weighted by molar-refractivity contribution is 7.13. The number of aromatic nitrogens is 2. The summed E-state index contributed by atoms with van der Waals surface area (Å²) in [5, 5.41) is 6.14. The number of thiazole rings is 1. The van der Waals surface area contributed by atoms with E-state index < -0.39 is 0 Å². The minimum Gasteiger partial charge on any atom is -0.347 e. The van der Waals surface area contributed by atoms with Gasteiger partial charge in [0.1, 0.15) is 0 Å². The number of rotatable bonds is 4. The second-order valence-corrected chi connectivity index (χ2v) is 6.73. The third-order valence-electron chi connectivity index (χ3n) is 4.25. The molecule has 6 heteroatoms. The summed E-state index contributed by atoms with van der Waals surface area (Å²) in [6, 6.07) is 11.8. The van der Waals surface area contributed by atoms with Crippen molar-refractivity contribution < 1.29 is 4.79 Å². The second-order valence-electron chi connectivity index (χ2n) is 5.86. The number of hydrogen-bond donors (Lipinski definition) is 1. The molecule has 0 saturated carbocycles. The molecule has 4 rings (SSSR count). The standard InChI is InChI=1S/C18H18N4OS/c23-17(14-3-5-16(6-4-14)21-9-1-2-10-21)20-15-7-11-22(13-15)18-19-8-12-24-18/h1-6,8-10,12,15H,7,11,13H2,(H,20,23)/t15-/m1/s1. The zero-order chi connectivity index (χ0) is 16.4. The number of nitrogens with one attached hydrogen (secondary N) is 1. The van der Waals surface area contributed by atoms with Crippen LogP contribution in [-0.2, 0) is 0 Å². The van der Waals surface area contributed by atoms with Gasteiger partial charge in [-0.1, -0.05) is 0 Å². The van der Waals surface area contributed by atoms with Crippen LogP contribution in [0.15, 0.2) is 60.4 Å². The van der Waals surface area contributed by atoms with Crippen LogP contribution in [0.4, 0.5) is 5.13 Å². The molecule has 1 saturated heterocycles. The maximum absolute atomic E-state index is 12.4. The molecule has 0 aliphatic carbocycles. The molecule has 3 heterocycles. The summed E-state index contributed by atoms with van der Waals surface area (Å²) in [5.41, 5.74) is 1.74. The molecule has 1 fully saturated rings. The summed E-state index contributed by atoms with van der Waals surface area (Å²) in [6.07, 6.45) is 6.74. The second kappa shape index (κ2) is 6.49. The van der Waals surface area contributed by atoms with Gasteiger partial charge in [-0.05, 0) is 42.8 Å². The fourth-order valence-corrected chi connectivity index (χ4v) is 3.66. The molecule has 5 nitrogen and oxygen atoms in total. The number of nitrogens with zero attached hydrogens (tertiary/aromatic N) is 3. The van der Waals surface area contributed by atoms with Crippen molar-refractivity contribution in [3.05, 3.63) is 65.9 Å². The highest BCUT2D eigenvalue weighted by Gasteiger charge is 2.25. The van der Waals surface area contributed by atoms with Gasteiger partial charge in [0.2, 0.25) is 0 Å². The summed E-state index contributed by atoms with van der Waals surface area (Å²) in [6.45, 7) is 1.76. The molecule has 0 spiro atoms. The topological polar surface area (TPSA) is 50.2 Å². The van der Waals surface area contributed by atoms with Gasteiger partial charge in [-0.15, -0.1) is 11.3 Å². The molecular formula is C18H18N4OS. The van der Waals surface area contributed by atoms with Crippen LogP contribution in [-0.4, -0.2) is 34.6 Å². The van der Waals surface area contributed by atoms with Crippen LogP contribution in [0.25, 0.3) is 5.69 Å². The summed E-state index contributed by atoms with van der Waals surface area (Å²) in [7, 11) is 0. The van der Waals surface area contributed by atoms with E-state index in [2.05, 4.69) is 15.2 Å². The fraction of sp³-hybridized carbons (Fsp3) is 0.222. The zero-order valence-electron chi connectivity index (χ0n) is 13.1. The lowest BCUT2D eigenvalue weighted by Crippen LogP contribution is -2.37. The van der Waals surface area contributed by atoms with E-state index in [0.717, 1.165) is 30.3 Å². The molecule has 1 N–H and O–H groups in total. The Morgan fingerprint density at radius 2 is 2.00 bits per heavy atom. The van der Waals surface area contributed by atoms with Crippen molar-refractivity contribution in [2.45, 2.75) is 12.5 Å². The molecule has 0 unspecified atom stereocenters. The fourth-order valence-electron chi connectivity index (χ4n) is 2.98. The van der Waals surface area contributed by atoms with Crippen LogP contribution in [0, 0.1) is 0 Å². The van der Waals surface area contributed by atoms with Gasteiger partial charge < -0.3 is 14.8 Å². The van der Waals surface area contributed by atoms with Crippen molar-refractivity contribution in [3.8, 4) is 5.69 Å². The predicted molar refractivity (Wildman–Crippen MR) is 96.0 cm³/mol. The Bertz CT molecular complexity index is 796. The van der Waals surface area contributed by atoms with Crippen LogP contribution in [0.3, 0.4) is 0 Å². The van der Waals surface area contributed by atoms with Crippen LogP contribution in [0.5, 0.6) is 0 Å². The maximum atomic E-state index is 12.4. The normalized spacial score (nSPS) is 17.2. The van der Waals surface area contributed by atoms with Gasteiger partial charge in [0.15, 0.2) is 5.13 Å². The first kappa shape index (κ1) is 15.0. The number of carbonyl (C=O) groups is 1. The molecule has 122 valence electrons. The molecule has 0 radical (unpaired) electrons. The lowest BCUT2D eigenvalue weighted by molar-refractivity contribution is 0.0940. The van der Waals surface area contributed by atoms with Crippen LogP contribution in [0.1, 0.15) is 16.8 Å². The first-order chi connectivity index (χ1) is 11.8. The molecule has 1 aromatic carbocycles. The minimum absolute atomic E-state index is 0.0138. The molecule has 1 atom stereocenters. The Balaban J connectivity index is 1.38. The first-order valence-electron chi connectivity index (χ1n) is 7.98. The minimum atomic E-state index is -0.0138. The summed E-state index contributed by atoms with van der Waals surface area (Å²) >= 11 is 1.64. The van der Waals surface area contributed by atoms with E-state index >= 15 is 0 Å². The summed E-state index contributed by atoms with van der Waals surface area (Å²) in [5.74, 6) is -0.0138. The van der Waals surface area contributed by atoms with Gasteiger partial charge in [0, 0.05) is 54.4 Å². The van der Waals surface area contributed by atoms with E-state index in [0.29, 0.717) is 5.56 Å². The van der Waals surface area contributed by atoms with Crippen molar-refractivity contribution >= 4 is 22.4 Å². The molecular weight excluding hydrogens is 320 g/mol. The maximum Gasteiger partial charge on any atom is 0.251 e. The lowest BCUT2D eigenvalue weighted by atomic mass is 10.1. The van der Waals surface area contributed by atoms with E-state index in [1.54, 1.807) is 11.3 Å². The number of benzene rings is 1.